The van der Waals surface area contributed by atoms with E-state index in [0.717, 1.165) is 27.6 Å². The third-order valence-corrected chi connectivity index (χ3v) is 4.91. The van der Waals surface area contributed by atoms with Crippen molar-refractivity contribution in [2.75, 3.05) is 0 Å². The Morgan fingerprint density at radius 3 is 2.23 bits per heavy atom. The van der Waals surface area contributed by atoms with E-state index in [-0.39, 0.29) is 18.2 Å². The van der Waals surface area contributed by atoms with E-state index in [4.69, 9.17) is 4.74 Å². The largest absolute Gasteiger partial charge is 0.489 e. The van der Waals surface area contributed by atoms with Gasteiger partial charge in [-0.25, -0.2) is 0 Å². The average Bonchev–Trinajstić information content (AvgIpc) is 2.82. The van der Waals surface area contributed by atoms with E-state index in [1.807, 2.05) is 84.9 Å². The second-order valence-corrected chi connectivity index (χ2v) is 7.12. The fourth-order valence-corrected chi connectivity index (χ4v) is 3.30. The first-order valence-corrected chi connectivity index (χ1v) is 10.0. The fourth-order valence-electron chi connectivity index (χ4n) is 3.30. The summed E-state index contributed by atoms with van der Waals surface area (Å²) in [5.74, 6) is 0.137. The lowest BCUT2D eigenvalue weighted by molar-refractivity contribution is -0.121. The molecule has 4 aromatic rings. The Morgan fingerprint density at radius 1 is 0.710 bits per heavy atom. The Kier molecular flexibility index (Phi) is 6.24. The van der Waals surface area contributed by atoms with Gasteiger partial charge in [0.1, 0.15) is 12.4 Å². The molecule has 4 aromatic carbocycles. The van der Waals surface area contributed by atoms with Gasteiger partial charge in [0.25, 0.3) is 5.91 Å². The van der Waals surface area contributed by atoms with Crippen LogP contribution in [0.15, 0.2) is 97.1 Å². The maximum absolute atomic E-state index is 12.3. The molecule has 0 atom stereocenters. The van der Waals surface area contributed by atoms with Crippen molar-refractivity contribution in [3.63, 3.8) is 0 Å². The SMILES string of the molecule is O=C(Cc1cccc2ccccc12)NNC(=O)c1ccc(COc2ccccc2)cc1. The van der Waals surface area contributed by atoms with Crippen LogP contribution in [0.5, 0.6) is 5.75 Å². The van der Waals surface area contributed by atoms with E-state index in [2.05, 4.69) is 10.9 Å². The van der Waals surface area contributed by atoms with Gasteiger partial charge in [0, 0.05) is 5.56 Å². The average molecular weight is 410 g/mol. The number of para-hydroxylation sites is 1. The first kappa shape index (κ1) is 20.2. The molecule has 5 heteroatoms. The van der Waals surface area contributed by atoms with Crippen LogP contribution in [-0.4, -0.2) is 11.8 Å². The molecule has 0 saturated heterocycles. The van der Waals surface area contributed by atoms with Crippen LogP contribution in [0.1, 0.15) is 21.5 Å². The van der Waals surface area contributed by atoms with Gasteiger partial charge in [-0.05, 0) is 46.2 Å². The van der Waals surface area contributed by atoms with Gasteiger partial charge in [0.2, 0.25) is 5.91 Å². The van der Waals surface area contributed by atoms with Crippen LogP contribution in [0.25, 0.3) is 10.8 Å². The Hall–Kier alpha value is -4.12. The summed E-state index contributed by atoms with van der Waals surface area (Å²) in [5.41, 5.74) is 7.27. The van der Waals surface area contributed by atoms with Gasteiger partial charge in [0.05, 0.1) is 6.42 Å². The maximum Gasteiger partial charge on any atom is 0.269 e. The van der Waals surface area contributed by atoms with Crippen molar-refractivity contribution >= 4 is 22.6 Å². The second kappa shape index (κ2) is 9.59. The van der Waals surface area contributed by atoms with Gasteiger partial charge in [-0.2, -0.15) is 0 Å². The third-order valence-electron chi connectivity index (χ3n) is 4.91. The Labute approximate surface area is 180 Å². The highest BCUT2D eigenvalue weighted by Gasteiger charge is 2.10. The van der Waals surface area contributed by atoms with E-state index >= 15 is 0 Å². The summed E-state index contributed by atoms with van der Waals surface area (Å²) >= 11 is 0. The van der Waals surface area contributed by atoms with E-state index in [0.29, 0.717) is 12.2 Å². The molecule has 31 heavy (non-hydrogen) atoms. The van der Waals surface area contributed by atoms with Gasteiger partial charge >= 0.3 is 0 Å². The van der Waals surface area contributed by atoms with Crippen LogP contribution >= 0.6 is 0 Å². The van der Waals surface area contributed by atoms with E-state index < -0.39 is 0 Å². The van der Waals surface area contributed by atoms with Gasteiger partial charge in [-0.1, -0.05) is 72.8 Å². The molecule has 2 amide bonds. The number of hydrazine groups is 1. The minimum absolute atomic E-state index is 0.178. The molecule has 5 nitrogen and oxygen atoms in total. The van der Waals surface area contributed by atoms with Gasteiger partial charge in [-0.3, -0.25) is 20.4 Å². The van der Waals surface area contributed by atoms with Crippen molar-refractivity contribution in [2.45, 2.75) is 13.0 Å². The number of rotatable bonds is 6. The molecular weight excluding hydrogens is 388 g/mol. The quantitative estimate of drug-likeness (QED) is 0.462. The van der Waals surface area contributed by atoms with Crippen molar-refractivity contribution in [3.05, 3.63) is 114 Å². The van der Waals surface area contributed by atoms with Crippen molar-refractivity contribution < 1.29 is 14.3 Å². The minimum atomic E-state index is -0.373. The second-order valence-electron chi connectivity index (χ2n) is 7.12. The Morgan fingerprint density at radius 2 is 1.42 bits per heavy atom. The van der Waals surface area contributed by atoms with Gasteiger partial charge in [-0.15, -0.1) is 0 Å². The van der Waals surface area contributed by atoms with Crippen LogP contribution in [0.4, 0.5) is 0 Å². The molecule has 0 bridgehead atoms. The molecule has 0 aliphatic heterocycles. The first-order chi connectivity index (χ1) is 15.2. The number of benzene rings is 4. The number of carbonyl (C=O) groups excluding carboxylic acids is 2. The van der Waals surface area contributed by atoms with Gasteiger partial charge in [0.15, 0.2) is 0 Å². The lowest BCUT2D eigenvalue weighted by Gasteiger charge is -2.10. The van der Waals surface area contributed by atoms with E-state index in [1.54, 1.807) is 12.1 Å². The van der Waals surface area contributed by atoms with Crippen LogP contribution in [0.3, 0.4) is 0 Å². The molecule has 0 aliphatic carbocycles. The summed E-state index contributed by atoms with van der Waals surface area (Å²) in [4.78, 5) is 24.7. The number of nitrogens with one attached hydrogen (secondary N) is 2. The monoisotopic (exact) mass is 410 g/mol. The molecule has 0 heterocycles. The molecule has 154 valence electrons. The molecule has 0 fully saturated rings. The number of carbonyl (C=O) groups is 2. The topological polar surface area (TPSA) is 67.4 Å². The predicted molar refractivity (Wildman–Crippen MR) is 120 cm³/mol. The van der Waals surface area contributed by atoms with Gasteiger partial charge < -0.3 is 4.74 Å². The minimum Gasteiger partial charge on any atom is -0.489 e. The Bertz CT molecular complexity index is 1180. The zero-order chi connectivity index (χ0) is 21.5. The molecule has 4 rings (SSSR count). The van der Waals surface area contributed by atoms with Crippen molar-refractivity contribution in [2.24, 2.45) is 0 Å². The fraction of sp³-hybridized carbons (Fsp3) is 0.0769. The highest BCUT2D eigenvalue weighted by molar-refractivity contribution is 5.96. The number of ether oxygens (including phenoxy) is 1. The zero-order valence-corrected chi connectivity index (χ0v) is 16.9. The third kappa shape index (κ3) is 5.28. The summed E-state index contributed by atoms with van der Waals surface area (Å²) < 4.78 is 5.70. The lowest BCUT2D eigenvalue weighted by atomic mass is 10.0. The van der Waals surface area contributed by atoms with Crippen molar-refractivity contribution in [1.82, 2.24) is 10.9 Å². The standard InChI is InChI=1S/C26H22N2O3/c29-25(17-22-9-6-8-20-7-4-5-12-24(20)22)27-28-26(30)21-15-13-19(14-16-21)18-31-23-10-2-1-3-11-23/h1-16H,17-18H2,(H,27,29)(H,28,30). The summed E-state index contributed by atoms with van der Waals surface area (Å²) in [6.07, 6.45) is 0.178. The molecule has 0 saturated carbocycles. The number of hydrogen-bond acceptors (Lipinski definition) is 3. The number of hydrogen-bond donors (Lipinski definition) is 2. The van der Waals surface area contributed by atoms with Crippen LogP contribution in [-0.2, 0) is 17.8 Å². The van der Waals surface area contributed by atoms with Crippen LogP contribution in [0, 0.1) is 0 Å². The molecule has 0 radical (unpaired) electrons. The molecule has 0 aliphatic rings. The highest BCUT2D eigenvalue weighted by Crippen LogP contribution is 2.18. The molecule has 0 unspecified atom stereocenters. The molecule has 0 spiro atoms. The maximum atomic E-state index is 12.3. The van der Waals surface area contributed by atoms with Crippen LogP contribution in [0.2, 0.25) is 0 Å². The predicted octanol–water partition coefficient (Wildman–Crippen LogP) is 4.42. The highest BCUT2D eigenvalue weighted by atomic mass is 16.5. The molecule has 2 N–H and O–H groups in total. The molecule has 0 aromatic heterocycles. The number of amides is 2. The Balaban J connectivity index is 1.29. The van der Waals surface area contributed by atoms with Crippen molar-refractivity contribution in [3.8, 4) is 5.75 Å². The summed E-state index contributed by atoms with van der Waals surface area (Å²) in [6, 6.07) is 30.4. The number of fused-ring (bicyclic) bond motifs is 1. The smallest absolute Gasteiger partial charge is 0.269 e. The van der Waals surface area contributed by atoms with E-state index in [1.165, 1.54) is 0 Å². The first-order valence-electron chi connectivity index (χ1n) is 10.0. The lowest BCUT2D eigenvalue weighted by Crippen LogP contribution is -2.42. The van der Waals surface area contributed by atoms with Crippen molar-refractivity contribution in [1.29, 1.82) is 0 Å². The normalized spacial score (nSPS) is 10.5. The van der Waals surface area contributed by atoms with E-state index in [9.17, 15) is 9.59 Å². The van der Waals surface area contributed by atoms with Crippen LogP contribution < -0.4 is 15.6 Å². The summed E-state index contributed by atoms with van der Waals surface area (Å²) in [6.45, 7) is 0.410. The zero-order valence-electron chi connectivity index (χ0n) is 16.9. The summed E-state index contributed by atoms with van der Waals surface area (Å²) in [5, 5.41) is 2.10. The molecular formula is C26H22N2O3. The summed E-state index contributed by atoms with van der Waals surface area (Å²) in [7, 11) is 0.